The first kappa shape index (κ1) is 33.5. The quantitative estimate of drug-likeness (QED) is 0.133. The lowest BCUT2D eigenvalue weighted by Crippen LogP contribution is -2.46. The average Bonchev–Trinajstić information content (AvgIpc) is 3.68. The molecule has 8 aromatic rings. The highest BCUT2D eigenvalue weighted by atomic mass is 16.3. The molecule has 0 aromatic heterocycles. The molecule has 0 saturated carbocycles. The number of rotatable bonds is 1. The number of anilines is 3. The van der Waals surface area contributed by atoms with Crippen LogP contribution in [-0.2, 0) is 16.1 Å². The minimum Gasteiger partial charge on any atom is -0.506 e. The van der Waals surface area contributed by atoms with Gasteiger partial charge in [-0.05, 0) is 95.1 Å². The van der Waals surface area contributed by atoms with E-state index in [-0.39, 0.29) is 17.1 Å². The van der Waals surface area contributed by atoms with Gasteiger partial charge in [-0.25, -0.2) is 4.99 Å². The van der Waals surface area contributed by atoms with Crippen LogP contribution in [-0.4, -0.2) is 10.9 Å². The predicted molar refractivity (Wildman–Crippen MR) is 242 cm³/mol. The molecular formula is C54H38N4O2. The molecular weight excluding hydrogens is 737 g/mol. The summed E-state index contributed by atoms with van der Waals surface area (Å²) in [6.07, 6.45) is 0. The third-order valence-electron chi connectivity index (χ3n) is 13.9. The molecule has 0 fully saturated rings. The van der Waals surface area contributed by atoms with Gasteiger partial charge < -0.3 is 21.1 Å². The van der Waals surface area contributed by atoms with Gasteiger partial charge in [0.25, 0.3) is 0 Å². The van der Waals surface area contributed by atoms with Crippen LogP contribution in [0.5, 0.6) is 0 Å². The van der Waals surface area contributed by atoms with Crippen LogP contribution in [0.2, 0.25) is 0 Å². The standard InChI is InChI=1S/C54H38N4O2/c1-27-11-5-17-33-34-18-6-12-28(2)46(34)53(45(27)33)55-39-21-9-15-31-23-25-37(49(57-53)41(31)39)43-51(59)44(52(43)60)38-26-24-32-16-10-22-40-42(32)50(38)58-54(56-40)47-29(3)13-7-19-35(47)36-20-8-14-30(4)48(36)54/h5-26,55-57,59H,1-4H3. The number of aliphatic hydroxyl groups excluding tert-OH is 1. The first-order valence-electron chi connectivity index (χ1n) is 20.7. The highest BCUT2D eigenvalue weighted by Crippen LogP contribution is 2.57. The normalized spacial score (nSPS) is 17.4. The molecule has 2 aliphatic heterocycles. The number of benzene rings is 8. The monoisotopic (exact) mass is 774 g/mol. The maximum atomic E-state index is 15.1. The number of hydrogen-bond acceptors (Lipinski definition) is 6. The second-order valence-electron chi connectivity index (χ2n) is 17.1. The second-order valence-corrected chi connectivity index (χ2v) is 17.1. The number of aryl methyl sites for hydroxylation is 4. The Morgan fingerprint density at radius 1 is 0.483 bits per heavy atom. The van der Waals surface area contributed by atoms with Crippen molar-refractivity contribution in [1.29, 1.82) is 0 Å². The third-order valence-corrected chi connectivity index (χ3v) is 13.9. The van der Waals surface area contributed by atoms with E-state index in [0.717, 1.165) is 94.2 Å². The number of nitrogens with one attached hydrogen (secondary N) is 3. The molecule has 0 saturated heterocycles. The van der Waals surface area contributed by atoms with Crippen LogP contribution in [0.15, 0.2) is 144 Å². The van der Waals surface area contributed by atoms with Gasteiger partial charge >= 0.3 is 0 Å². The average molecular weight is 775 g/mol. The highest BCUT2D eigenvalue weighted by molar-refractivity contribution is 6.52. The zero-order valence-corrected chi connectivity index (χ0v) is 33.5. The molecule has 8 aromatic carbocycles. The maximum Gasteiger partial charge on any atom is 0.201 e. The number of hydrogen-bond donors (Lipinski definition) is 4. The molecule has 13 rings (SSSR count). The molecule has 0 unspecified atom stereocenters. The first-order chi connectivity index (χ1) is 29.2. The number of carbonyl (C=O) groups excluding carboxylic acids is 1. The summed E-state index contributed by atoms with van der Waals surface area (Å²) in [7, 11) is 0. The molecule has 4 N–H and O–H groups in total. The minimum atomic E-state index is -0.928. The van der Waals surface area contributed by atoms with Crippen LogP contribution < -0.4 is 26.5 Å². The van der Waals surface area contributed by atoms with Crippen LogP contribution in [0.1, 0.15) is 50.1 Å². The van der Waals surface area contributed by atoms with Crippen LogP contribution in [0, 0.1) is 27.7 Å². The first-order valence-corrected chi connectivity index (χ1v) is 20.7. The van der Waals surface area contributed by atoms with Crippen LogP contribution in [0.25, 0.3) is 54.9 Å². The van der Waals surface area contributed by atoms with Gasteiger partial charge in [-0.1, -0.05) is 121 Å². The van der Waals surface area contributed by atoms with Gasteiger partial charge in [-0.2, -0.15) is 0 Å². The number of Topliss-reactive ketones (excluding diaryl/α,β-unsaturated/α-hetero) is 1. The van der Waals surface area contributed by atoms with E-state index in [1.165, 1.54) is 11.1 Å². The lowest BCUT2D eigenvalue weighted by molar-refractivity contribution is -0.109. The van der Waals surface area contributed by atoms with E-state index in [1.54, 1.807) is 0 Å². The fraction of sp³-hybridized carbons (Fsp3) is 0.111. The number of aliphatic hydroxyl groups is 1. The summed E-state index contributed by atoms with van der Waals surface area (Å²) in [5.41, 5.74) is 16.0. The summed E-state index contributed by atoms with van der Waals surface area (Å²) in [6.45, 7) is 8.62. The number of allylic oxidation sites excluding steroid dienone is 2. The van der Waals surface area contributed by atoms with E-state index in [9.17, 15) is 5.11 Å². The van der Waals surface area contributed by atoms with E-state index >= 15 is 4.79 Å². The minimum absolute atomic E-state index is 0.0162. The van der Waals surface area contributed by atoms with Crippen molar-refractivity contribution in [1.82, 2.24) is 0 Å². The Kier molecular flexibility index (Phi) is 6.25. The molecule has 60 heavy (non-hydrogen) atoms. The van der Waals surface area contributed by atoms with Gasteiger partial charge in [0.05, 0.1) is 22.2 Å². The molecule has 0 radical (unpaired) electrons. The van der Waals surface area contributed by atoms with Crippen LogP contribution in [0.3, 0.4) is 0 Å². The zero-order chi connectivity index (χ0) is 40.4. The Labute approximate surface area is 346 Å². The lowest BCUT2D eigenvalue weighted by atomic mass is 9.79. The molecule has 0 amide bonds. The Balaban J connectivity index is 1.08. The van der Waals surface area contributed by atoms with Crippen LogP contribution in [0.4, 0.5) is 17.1 Å². The molecule has 6 heteroatoms. The Morgan fingerprint density at radius 2 is 0.983 bits per heavy atom. The third kappa shape index (κ3) is 3.89. The smallest absolute Gasteiger partial charge is 0.201 e. The van der Waals surface area contributed by atoms with Gasteiger partial charge in [0.15, 0.2) is 11.3 Å². The van der Waals surface area contributed by atoms with Gasteiger partial charge in [0.1, 0.15) is 5.76 Å². The lowest BCUT2D eigenvalue weighted by Gasteiger charge is -2.42. The van der Waals surface area contributed by atoms with E-state index in [0.29, 0.717) is 21.7 Å². The summed E-state index contributed by atoms with van der Waals surface area (Å²) in [4.78, 5) is 20.8. The molecule has 5 aliphatic rings. The van der Waals surface area contributed by atoms with Crippen molar-refractivity contribution in [2.45, 2.75) is 39.0 Å². The predicted octanol–water partition coefficient (Wildman–Crippen LogP) is 10.6. The fourth-order valence-electron chi connectivity index (χ4n) is 11.6. The highest BCUT2D eigenvalue weighted by Gasteiger charge is 2.50. The largest absolute Gasteiger partial charge is 0.506 e. The van der Waals surface area contributed by atoms with E-state index in [2.05, 4.69) is 153 Å². The van der Waals surface area contributed by atoms with Crippen molar-refractivity contribution in [2.75, 3.05) is 16.0 Å². The van der Waals surface area contributed by atoms with Crippen molar-refractivity contribution in [3.05, 3.63) is 200 Å². The van der Waals surface area contributed by atoms with Crippen molar-refractivity contribution in [3.8, 4) is 22.3 Å². The number of ketones is 1. The zero-order valence-electron chi connectivity index (χ0n) is 33.5. The Morgan fingerprint density at radius 3 is 1.57 bits per heavy atom. The summed E-state index contributed by atoms with van der Waals surface area (Å²) < 4.78 is 0. The van der Waals surface area contributed by atoms with E-state index in [1.807, 2.05) is 24.3 Å². The van der Waals surface area contributed by atoms with Crippen molar-refractivity contribution in [3.63, 3.8) is 0 Å². The number of carbonyl (C=O) groups is 1. The second kappa shape index (κ2) is 11.2. The van der Waals surface area contributed by atoms with Crippen LogP contribution >= 0.6 is 0 Å². The summed E-state index contributed by atoms with van der Waals surface area (Å²) in [6, 6.07) is 46.4. The Bertz CT molecular complexity index is 3460. The Hall–Kier alpha value is -7.44. The summed E-state index contributed by atoms with van der Waals surface area (Å²) in [5.74, 6) is -0.220. The molecule has 0 bridgehead atoms. The number of fused-ring (bicyclic) bond motifs is 10. The van der Waals surface area contributed by atoms with Gasteiger partial charge in [-0.3, -0.25) is 4.79 Å². The van der Waals surface area contributed by atoms with E-state index < -0.39 is 11.3 Å². The summed E-state index contributed by atoms with van der Waals surface area (Å²) in [5, 5.41) is 29.7. The van der Waals surface area contributed by atoms with E-state index in [4.69, 9.17) is 4.99 Å². The molecule has 6 nitrogen and oxygen atoms in total. The molecule has 2 heterocycles. The molecule has 0 atom stereocenters. The molecule has 2 spiro atoms. The summed E-state index contributed by atoms with van der Waals surface area (Å²) >= 11 is 0. The van der Waals surface area contributed by atoms with Crippen molar-refractivity contribution in [2.24, 2.45) is 4.99 Å². The van der Waals surface area contributed by atoms with Gasteiger partial charge in [0.2, 0.25) is 5.78 Å². The topological polar surface area (TPSA) is 85.8 Å². The molecule has 3 aliphatic carbocycles. The fourth-order valence-corrected chi connectivity index (χ4v) is 11.6. The molecule has 286 valence electrons. The van der Waals surface area contributed by atoms with Crippen molar-refractivity contribution < 1.29 is 9.90 Å². The SMILES string of the molecule is Cc1cccc2c1C1(N=c3c(=C4C(=O)C(c5ccc6cccc7c6c5NC5(N7)c6c(C)cccc6-c6cccc(C)c65)=C4O)ccc4cccc(c34)N1)c1c(C)cccc1-2. The number of nitrogens with zero attached hydrogens (tertiary/aromatic N) is 1. The van der Waals surface area contributed by atoms with Gasteiger partial charge in [0, 0.05) is 55.2 Å². The van der Waals surface area contributed by atoms with Gasteiger partial charge in [-0.15, -0.1) is 0 Å². The maximum absolute atomic E-state index is 15.1. The van der Waals surface area contributed by atoms with Crippen molar-refractivity contribution >= 4 is 55.5 Å².